The van der Waals surface area contributed by atoms with Crippen LogP contribution in [0.2, 0.25) is 0 Å². The third kappa shape index (κ3) is 5.09. The molecule has 1 aromatic rings. The molecule has 0 saturated carbocycles. The highest BCUT2D eigenvalue weighted by molar-refractivity contribution is 5.92. The molecule has 0 spiro atoms. The van der Waals surface area contributed by atoms with Gasteiger partial charge >= 0.3 is 5.97 Å². The highest BCUT2D eigenvalue weighted by atomic mass is 16.6. The monoisotopic (exact) mass is 280 g/mol. The van der Waals surface area contributed by atoms with Gasteiger partial charge in [0.25, 0.3) is 0 Å². The Balaban J connectivity index is 2.54. The van der Waals surface area contributed by atoms with Gasteiger partial charge in [-0.2, -0.15) is 0 Å². The van der Waals surface area contributed by atoms with Crippen LogP contribution in [-0.4, -0.2) is 38.9 Å². The van der Waals surface area contributed by atoms with Crippen molar-refractivity contribution < 1.29 is 14.3 Å². The van der Waals surface area contributed by atoms with E-state index in [0.717, 1.165) is 5.69 Å². The van der Waals surface area contributed by atoms with E-state index in [0.29, 0.717) is 17.9 Å². The molecule has 0 bridgehead atoms. The lowest BCUT2D eigenvalue weighted by molar-refractivity contribution is -0.0281. The molecule has 20 heavy (non-hydrogen) atoms. The summed E-state index contributed by atoms with van der Waals surface area (Å²) in [5.74, 6) is -0.389. The molecule has 0 aliphatic rings. The molecule has 5 heteroatoms. The Labute approximate surface area is 120 Å². The Kier molecular flexibility index (Phi) is 5.39. The normalized spacial score (nSPS) is 11.2. The maximum atomic E-state index is 11.9. The summed E-state index contributed by atoms with van der Waals surface area (Å²) in [5, 5.41) is 0. The van der Waals surface area contributed by atoms with Crippen LogP contribution < -0.4 is 10.6 Å². The lowest BCUT2D eigenvalue weighted by atomic mass is 10.1. The van der Waals surface area contributed by atoms with Gasteiger partial charge in [0.05, 0.1) is 29.1 Å². The zero-order valence-electron chi connectivity index (χ0n) is 12.9. The molecular weight excluding hydrogens is 256 g/mol. The van der Waals surface area contributed by atoms with Crippen LogP contribution in [0.4, 0.5) is 11.4 Å². The second kappa shape index (κ2) is 6.61. The zero-order valence-corrected chi connectivity index (χ0v) is 12.9. The van der Waals surface area contributed by atoms with Crippen LogP contribution in [0.3, 0.4) is 0 Å². The molecule has 0 aromatic heterocycles. The van der Waals surface area contributed by atoms with E-state index in [9.17, 15) is 4.79 Å². The number of benzene rings is 1. The van der Waals surface area contributed by atoms with Crippen LogP contribution in [0.5, 0.6) is 0 Å². The molecular formula is C15H24N2O3. The number of nitrogens with two attached hydrogens (primary N) is 1. The van der Waals surface area contributed by atoms with Gasteiger partial charge in [-0.05, 0) is 39.0 Å². The van der Waals surface area contributed by atoms with Gasteiger partial charge in [-0.25, -0.2) is 4.79 Å². The lowest BCUT2D eigenvalue weighted by Crippen LogP contribution is -2.22. The Hall–Kier alpha value is -1.75. The van der Waals surface area contributed by atoms with E-state index in [1.807, 2.05) is 39.8 Å². The van der Waals surface area contributed by atoms with E-state index in [2.05, 4.69) is 0 Å². The van der Waals surface area contributed by atoms with E-state index in [-0.39, 0.29) is 18.2 Å². The third-order valence-corrected chi connectivity index (χ3v) is 2.60. The Morgan fingerprint density at radius 3 is 2.40 bits per heavy atom. The fourth-order valence-corrected chi connectivity index (χ4v) is 1.65. The third-order valence-electron chi connectivity index (χ3n) is 2.60. The molecule has 0 aliphatic heterocycles. The van der Waals surface area contributed by atoms with Gasteiger partial charge in [-0.3, -0.25) is 0 Å². The van der Waals surface area contributed by atoms with Gasteiger partial charge in [0.1, 0.15) is 6.61 Å². The highest BCUT2D eigenvalue weighted by Crippen LogP contribution is 2.22. The standard InChI is InChI=1S/C15H24N2O3/c1-15(2,3)20-9-8-19-14(18)11-6-7-13(17(4)5)12(16)10-11/h6-7,10H,8-9,16H2,1-5H3. The average molecular weight is 280 g/mol. The predicted molar refractivity (Wildman–Crippen MR) is 81.2 cm³/mol. The van der Waals surface area contributed by atoms with E-state index in [1.54, 1.807) is 18.2 Å². The van der Waals surface area contributed by atoms with Crippen LogP contribution in [-0.2, 0) is 9.47 Å². The van der Waals surface area contributed by atoms with Gasteiger partial charge in [0, 0.05) is 14.1 Å². The first-order valence-electron chi connectivity index (χ1n) is 6.58. The molecule has 0 aliphatic carbocycles. The molecule has 1 aromatic carbocycles. The van der Waals surface area contributed by atoms with Crippen molar-refractivity contribution in [1.82, 2.24) is 0 Å². The minimum Gasteiger partial charge on any atom is -0.460 e. The summed E-state index contributed by atoms with van der Waals surface area (Å²) in [4.78, 5) is 13.7. The molecule has 0 amide bonds. The number of hydrogen-bond acceptors (Lipinski definition) is 5. The topological polar surface area (TPSA) is 64.8 Å². The van der Waals surface area contributed by atoms with Crippen molar-refractivity contribution >= 4 is 17.3 Å². The molecule has 0 unspecified atom stereocenters. The van der Waals surface area contributed by atoms with E-state index >= 15 is 0 Å². The number of nitrogens with zero attached hydrogens (tertiary/aromatic N) is 1. The summed E-state index contributed by atoms with van der Waals surface area (Å²) in [7, 11) is 3.79. The van der Waals surface area contributed by atoms with Crippen LogP contribution in [0, 0.1) is 0 Å². The summed E-state index contributed by atoms with van der Waals surface area (Å²) in [6, 6.07) is 5.14. The molecule has 112 valence electrons. The SMILES string of the molecule is CN(C)c1ccc(C(=O)OCCOC(C)(C)C)cc1N. The zero-order chi connectivity index (χ0) is 15.3. The Bertz CT molecular complexity index is 465. The van der Waals surface area contributed by atoms with Crippen molar-refractivity contribution in [3.8, 4) is 0 Å². The fraction of sp³-hybridized carbons (Fsp3) is 0.533. The second-order valence-electron chi connectivity index (χ2n) is 5.76. The Morgan fingerprint density at radius 2 is 1.90 bits per heavy atom. The summed E-state index contributed by atoms with van der Waals surface area (Å²) in [5.41, 5.74) is 7.54. The molecule has 0 saturated heterocycles. The number of rotatable bonds is 5. The number of hydrogen-bond donors (Lipinski definition) is 1. The van der Waals surface area contributed by atoms with Gasteiger partial charge < -0.3 is 20.1 Å². The maximum absolute atomic E-state index is 11.9. The first-order chi connectivity index (χ1) is 9.20. The number of esters is 1. The minimum absolute atomic E-state index is 0.228. The summed E-state index contributed by atoms with van der Waals surface area (Å²) in [6.45, 7) is 6.46. The first kappa shape index (κ1) is 16.3. The maximum Gasteiger partial charge on any atom is 0.338 e. The first-order valence-corrected chi connectivity index (χ1v) is 6.58. The molecule has 0 fully saturated rings. The summed E-state index contributed by atoms with van der Waals surface area (Å²) in [6.07, 6.45) is 0. The number of nitrogen functional groups attached to an aromatic ring is 1. The number of ether oxygens (including phenoxy) is 2. The van der Waals surface area contributed by atoms with Crippen molar-refractivity contribution in [3.63, 3.8) is 0 Å². The molecule has 0 atom stereocenters. The van der Waals surface area contributed by atoms with Crippen molar-refractivity contribution in [1.29, 1.82) is 0 Å². The van der Waals surface area contributed by atoms with Crippen molar-refractivity contribution in [2.75, 3.05) is 37.9 Å². The summed E-state index contributed by atoms with van der Waals surface area (Å²) >= 11 is 0. The largest absolute Gasteiger partial charge is 0.460 e. The number of carbonyl (C=O) groups is 1. The Morgan fingerprint density at radius 1 is 1.25 bits per heavy atom. The van der Waals surface area contributed by atoms with Crippen molar-refractivity contribution in [2.45, 2.75) is 26.4 Å². The lowest BCUT2D eigenvalue weighted by Gasteiger charge is -2.19. The van der Waals surface area contributed by atoms with Gasteiger partial charge in [0.15, 0.2) is 0 Å². The molecule has 5 nitrogen and oxygen atoms in total. The van der Waals surface area contributed by atoms with E-state index in [4.69, 9.17) is 15.2 Å². The smallest absolute Gasteiger partial charge is 0.338 e. The molecule has 0 radical (unpaired) electrons. The number of anilines is 2. The molecule has 2 N–H and O–H groups in total. The van der Waals surface area contributed by atoms with Crippen LogP contribution in [0.1, 0.15) is 31.1 Å². The van der Waals surface area contributed by atoms with Gasteiger partial charge in [0.2, 0.25) is 0 Å². The van der Waals surface area contributed by atoms with Gasteiger partial charge in [-0.15, -0.1) is 0 Å². The molecule has 0 heterocycles. The highest BCUT2D eigenvalue weighted by Gasteiger charge is 2.12. The van der Waals surface area contributed by atoms with Crippen LogP contribution >= 0.6 is 0 Å². The minimum atomic E-state index is -0.389. The quantitative estimate of drug-likeness (QED) is 0.509. The predicted octanol–water partition coefficient (Wildman–Crippen LogP) is 2.31. The van der Waals surface area contributed by atoms with E-state index in [1.165, 1.54) is 0 Å². The van der Waals surface area contributed by atoms with E-state index < -0.39 is 0 Å². The number of carbonyl (C=O) groups excluding carboxylic acids is 1. The second-order valence-corrected chi connectivity index (χ2v) is 5.76. The molecule has 1 rings (SSSR count). The van der Waals surface area contributed by atoms with Crippen molar-refractivity contribution in [3.05, 3.63) is 23.8 Å². The van der Waals surface area contributed by atoms with Crippen LogP contribution in [0.15, 0.2) is 18.2 Å². The summed E-state index contributed by atoms with van der Waals surface area (Å²) < 4.78 is 10.6. The van der Waals surface area contributed by atoms with Gasteiger partial charge in [-0.1, -0.05) is 0 Å². The van der Waals surface area contributed by atoms with Crippen molar-refractivity contribution in [2.24, 2.45) is 0 Å². The average Bonchev–Trinajstić information content (AvgIpc) is 2.32. The van der Waals surface area contributed by atoms with Crippen LogP contribution in [0.25, 0.3) is 0 Å². The fourth-order valence-electron chi connectivity index (χ4n) is 1.65.